The fraction of sp³-hybridized carbons (Fsp3) is 0.750. The summed E-state index contributed by atoms with van der Waals surface area (Å²) in [5, 5.41) is 11.0. The normalized spacial score (nSPS) is 30.3. The lowest BCUT2D eigenvalue weighted by Crippen LogP contribution is -2.50. The van der Waals surface area contributed by atoms with E-state index in [1.807, 2.05) is 0 Å². The molecule has 94 valence electrons. The van der Waals surface area contributed by atoms with Crippen molar-refractivity contribution in [2.75, 3.05) is 0 Å². The van der Waals surface area contributed by atoms with Crippen molar-refractivity contribution in [1.29, 1.82) is 0 Å². The van der Waals surface area contributed by atoms with Crippen LogP contribution in [0.3, 0.4) is 0 Å². The molecule has 2 aliphatic rings. The van der Waals surface area contributed by atoms with Gasteiger partial charge in [0.1, 0.15) is 0 Å². The number of hydrogen-bond acceptors (Lipinski definition) is 4. The van der Waals surface area contributed by atoms with Gasteiger partial charge in [0.25, 0.3) is 0 Å². The molecule has 0 unspecified atom stereocenters. The first-order valence-corrected chi connectivity index (χ1v) is 6.15. The van der Waals surface area contributed by atoms with Crippen molar-refractivity contribution in [2.24, 2.45) is 11.8 Å². The average molecular weight is 238 g/mol. The van der Waals surface area contributed by atoms with Gasteiger partial charge >= 0.3 is 0 Å². The molecular formula is C12H16NO4-. The van der Waals surface area contributed by atoms with Crippen LogP contribution in [0.1, 0.15) is 39.0 Å². The predicted molar refractivity (Wildman–Crippen MR) is 56.4 cm³/mol. The lowest BCUT2D eigenvalue weighted by Gasteiger charge is -2.26. The van der Waals surface area contributed by atoms with Gasteiger partial charge in [-0.1, -0.05) is 19.8 Å². The molecule has 5 nitrogen and oxygen atoms in total. The number of hydrogen-bond donors (Lipinski definition) is 0. The second-order valence-corrected chi connectivity index (χ2v) is 4.79. The van der Waals surface area contributed by atoms with Crippen molar-refractivity contribution >= 4 is 17.8 Å². The average Bonchev–Trinajstić information content (AvgIpc) is 2.56. The molecule has 0 N–H and O–H groups in total. The van der Waals surface area contributed by atoms with Gasteiger partial charge in [-0.3, -0.25) is 14.5 Å². The van der Waals surface area contributed by atoms with Crippen molar-refractivity contribution in [3.05, 3.63) is 0 Å². The van der Waals surface area contributed by atoms with Gasteiger partial charge in [0.05, 0.1) is 23.8 Å². The fourth-order valence-electron chi connectivity index (χ4n) is 2.95. The molecule has 0 aromatic heterocycles. The van der Waals surface area contributed by atoms with E-state index in [2.05, 4.69) is 0 Å². The quantitative estimate of drug-likeness (QED) is 0.632. The van der Waals surface area contributed by atoms with Crippen LogP contribution in [0.5, 0.6) is 0 Å². The molecule has 17 heavy (non-hydrogen) atoms. The highest BCUT2D eigenvalue weighted by molar-refractivity contribution is 6.07. The Hall–Kier alpha value is -1.39. The highest BCUT2D eigenvalue weighted by Crippen LogP contribution is 2.39. The van der Waals surface area contributed by atoms with E-state index >= 15 is 0 Å². The number of fused-ring (bicyclic) bond motifs is 1. The smallest absolute Gasteiger partial charge is 0.233 e. The van der Waals surface area contributed by atoms with Crippen molar-refractivity contribution in [3.63, 3.8) is 0 Å². The number of carboxylic acid groups (broad SMARTS) is 1. The molecule has 0 aromatic rings. The molecule has 1 saturated heterocycles. The van der Waals surface area contributed by atoms with E-state index in [-0.39, 0.29) is 30.1 Å². The second-order valence-electron chi connectivity index (χ2n) is 4.79. The zero-order valence-electron chi connectivity index (χ0n) is 9.85. The van der Waals surface area contributed by atoms with Gasteiger partial charge in [0, 0.05) is 0 Å². The minimum Gasteiger partial charge on any atom is -0.548 e. The summed E-state index contributed by atoms with van der Waals surface area (Å²) in [5.74, 6) is -2.53. The molecule has 0 aromatic carbocycles. The number of carboxylic acids is 1. The van der Waals surface area contributed by atoms with Crippen LogP contribution in [0, 0.1) is 11.8 Å². The molecule has 0 radical (unpaired) electrons. The van der Waals surface area contributed by atoms with E-state index in [1.54, 1.807) is 6.92 Å². The van der Waals surface area contributed by atoms with E-state index in [4.69, 9.17) is 0 Å². The third-order valence-electron chi connectivity index (χ3n) is 3.85. The van der Waals surface area contributed by atoms with Crippen LogP contribution in [-0.4, -0.2) is 28.7 Å². The zero-order valence-corrected chi connectivity index (χ0v) is 9.85. The highest BCUT2D eigenvalue weighted by atomic mass is 16.4. The van der Waals surface area contributed by atoms with Crippen LogP contribution in [0.4, 0.5) is 0 Å². The Labute approximate surface area is 99.8 Å². The molecule has 1 heterocycles. The predicted octanol–water partition coefficient (Wildman–Crippen LogP) is -0.310. The number of aliphatic carboxylic acids is 1. The summed E-state index contributed by atoms with van der Waals surface area (Å²) in [5.41, 5.74) is 0. The van der Waals surface area contributed by atoms with E-state index in [0.29, 0.717) is 12.8 Å². The first-order valence-electron chi connectivity index (χ1n) is 6.15. The van der Waals surface area contributed by atoms with E-state index in [0.717, 1.165) is 17.7 Å². The summed E-state index contributed by atoms with van der Waals surface area (Å²) < 4.78 is 0. The molecule has 2 rings (SSSR count). The standard InChI is InChI=1S/C12H17NO4/c1-2-9(12(16)17)13-10(14)7-5-3-4-6-8(7)11(13)15/h7-9H,2-6H2,1H3,(H,16,17)/p-1/t7-,8+,9-/m1/s1. The van der Waals surface area contributed by atoms with Gasteiger partial charge in [-0.15, -0.1) is 0 Å². The first kappa shape index (κ1) is 12.1. The van der Waals surface area contributed by atoms with Crippen LogP contribution in [0.25, 0.3) is 0 Å². The summed E-state index contributed by atoms with van der Waals surface area (Å²) in [6, 6.07) is -1.10. The first-order chi connectivity index (χ1) is 8.07. The molecule has 1 aliphatic heterocycles. The van der Waals surface area contributed by atoms with Gasteiger partial charge in [-0.25, -0.2) is 0 Å². The summed E-state index contributed by atoms with van der Waals surface area (Å²) in [7, 11) is 0. The Morgan fingerprint density at radius 2 is 1.76 bits per heavy atom. The Morgan fingerprint density at radius 3 is 2.12 bits per heavy atom. The number of amides is 2. The van der Waals surface area contributed by atoms with Crippen LogP contribution < -0.4 is 5.11 Å². The van der Waals surface area contributed by atoms with Crippen LogP contribution in [0.15, 0.2) is 0 Å². The summed E-state index contributed by atoms with van der Waals surface area (Å²) in [4.78, 5) is 36.0. The Bertz CT molecular complexity index is 342. The lowest BCUT2D eigenvalue weighted by atomic mass is 9.81. The van der Waals surface area contributed by atoms with E-state index in [1.165, 1.54) is 0 Å². The fourth-order valence-corrected chi connectivity index (χ4v) is 2.95. The van der Waals surface area contributed by atoms with Crippen molar-refractivity contribution < 1.29 is 19.5 Å². The highest BCUT2D eigenvalue weighted by Gasteiger charge is 2.50. The summed E-state index contributed by atoms with van der Waals surface area (Å²) in [6.45, 7) is 1.64. The molecule has 1 aliphatic carbocycles. The Morgan fingerprint density at radius 1 is 1.29 bits per heavy atom. The summed E-state index contributed by atoms with van der Waals surface area (Å²) >= 11 is 0. The third kappa shape index (κ3) is 1.83. The van der Waals surface area contributed by atoms with Crippen LogP contribution in [0.2, 0.25) is 0 Å². The number of nitrogens with zero attached hydrogens (tertiary/aromatic N) is 1. The number of imide groups is 1. The molecule has 5 heteroatoms. The van der Waals surface area contributed by atoms with Crippen molar-refractivity contribution in [2.45, 2.75) is 45.1 Å². The summed E-state index contributed by atoms with van der Waals surface area (Å²) in [6.07, 6.45) is 3.50. The topological polar surface area (TPSA) is 77.5 Å². The zero-order chi connectivity index (χ0) is 12.6. The maximum atomic E-state index is 12.1. The SMILES string of the molecule is CC[C@H](C(=O)[O-])N1C(=O)[C@H]2CCCC[C@H]2C1=O. The maximum absolute atomic E-state index is 12.1. The molecule has 0 spiro atoms. The van der Waals surface area contributed by atoms with Crippen LogP contribution >= 0.6 is 0 Å². The van der Waals surface area contributed by atoms with Gasteiger partial charge in [-0.2, -0.15) is 0 Å². The van der Waals surface area contributed by atoms with Crippen LogP contribution in [-0.2, 0) is 14.4 Å². The van der Waals surface area contributed by atoms with Crippen molar-refractivity contribution in [1.82, 2.24) is 4.90 Å². The monoisotopic (exact) mass is 238 g/mol. The maximum Gasteiger partial charge on any atom is 0.233 e. The number of carbonyl (C=O) groups is 3. The van der Waals surface area contributed by atoms with Gasteiger partial charge in [-0.05, 0) is 19.3 Å². The van der Waals surface area contributed by atoms with E-state index < -0.39 is 12.0 Å². The van der Waals surface area contributed by atoms with Gasteiger partial charge in [0.15, 0.2) is 0 Å². The minimum atomic E-state index is -1.34. The minimum absolute atomic E-state index is 0.208. The molecule has 3 atom stereocenters. The molecule has 0 bridgehead atoms. The van der Waals surface area contributed by atoms with Gasteiger partial charge < -0.3 is 9.90 Å². The third-order valence-corrected chi connectivity index (χ3v) is 3.85. The second kappa shape index (κ2) is 4.47. The van der Waals surface area contributed by atoms with Gasteiger partial charge in [0.2, 0.25) is 11.8 Å². The number of likely N-dealkylation sites (tertiary alicyclic amines) is 1. The molecule has 2 fully saturated rings. The van der Waals surface area contributed by atoms with Crippen molar-refractivity contribution in [3.8, 4) is 0 Å². The Kier molecular flexibility index (Phi) is 3.17. The molecular weight excluding hydrogens is 222 g/mol. The molecule has 1 saturated carbocycles. The molecule has 2 amide bonds. The Balaban J connectivity index is 2.26. The lowest BCUT2D eigenvalue weighted by molar-refractivity contribution is -0.311. The largest absolute Gasteiger partial charge is 0.548 e. The van der Waals surface area contributed by atoms with E-state index in [9.17, 15) is 19.5 Å². The number of rotatable bonds is 3. The number of carbonyl (C=O) groups excluding carboxylic acids is 3.